The number of benzene rings is 2. The van der Waals surface area contributed by atoms with Crippen molar-refractivity contribution < 1.29 is 9.72 Å². The Balaban J connectivity index is 1.89. The highest BCUT2D eigenvalue weighted by atomic mass is 32.1. The van der Waals surface area contributed by atoms with Gasteiger partial charge in [-0.15, -0.1) is 0 Å². The van der Waals surface area contributed by atoms with E-state index in [2.05, 4.69) is 24.9 Å². The molecule has 6 nitrogen and oxygen atoms in total. The molecule has 1 heterocycles. The fraction of sp³-hybridized carbons (Fsp3) is 0.158. The van der Waals surface area contributed by atoms with E-state index >= 15 is 0 Å². The van der Waals surface area contributed by atoms with Crippen LogP contribution in [0, 0.1) is 24.0 Å². The Morgan fingerprint density at radius 1 is 1.19 bits per heavy atom. The second kappa shape index (κ2) is 7.05. The van der Waals surface area contributed by atoms with Crippen molar-refractivity contribution in [1.82, 2.24) is 4.57 Å². The maximum atomic E-state index is 12.2. The van der Waals surface area contributed by atoms with Crippen LogP contribution < -0.4 is 4.80 Å². The minimum Gasteiger partial charge on any atom is -0.319 e. The molecule has 7 heteroatoms. The summed E-state index contributed by atoms with van der Waals surface area (Å²) in [4.78, 5) is 27.2. The van der Waals surface area contributed by atoms with Crippen LogP contribution in [0.2, 0.25) is 0 Å². The van der Waals surface area contributed by atoms with Crippen molar-refractivity contribution in [2.75, 3.05) is 0 Å². The third-order valence-electron chi connectivity index (χ3n) is 4.22. The number of nitro groups is 1. The molecule has 3 aromatic rings. The van der Waals surface area contributed by atoms with Gasteiger partial charge in [0, 0.05) is 25.3 Å². The van der Waals surface area contributed by atoms with Crippen molar-refractivity contribution in [2.24, 2.45) is 12.0 Å². The van der Waals surface area contributed by atoms with E-state index in [1.165, 1.54) is 40.7 Å². The smallest absolute Gasteiger partial charge is 0.272 e. The maximum absolute atomic E-state index is 12.2. The number of rotatable bonds is 3. The van der Waals surface area contributed by atoms with Gasteiger partial charge in [0.15, 0.2) is 4.80 Å². The molecule has 1 amide bonds. The lowest BCUT2D eigenvalue weighted by Crippen LogP contribution is -2.12. The fourth-order valence-corrected chi connectivity index (χ4v) is 3.73. The summed E-state index contributed by atoms with van der Waals surface area (Å²) in [6.45, 7) is 4.12. The number of aryl methyl sites for hydroxylation is 3. The van der Waals surface area contributed by atoms with Gasteiger partial charge in [-0.2, -0.15) is 4.99 Å². The molecule has 0 spiro atoms. The maximum Gasteiger partial charge on any atom is 0.272 e. The van der Waals surface area contributed by atoms with E-state index in [0.717, 1.165) is 10.2 Å². The molecule has 0 aliphatic heterocycles. The van der Waals surface area contributed by atoms with Crippen LogP contribution >= 0.6 is 11.3 Å². The van der Waals surface area contributed by atoms with Crippen LogP contribution in [0.5, 0.6) is 0 Å². The number of hydrogen-bond donors (Lipinski definition) is 0. The number of hydrogen-bond acceptors (Lipinski definition) is 4. The number of carbonyl (C=O) groups excluding carboxylic acids is 1. The number of fused-ring (bicyclic) bond motifs is 1. The summed E-state index contributed by atoms with van der Waals surface area (Å²) in [7, 11) is 1.90. The summed E-state index contributed by atoms with van der Waals surface area (Å²) in [6, 6.07) is 10.1. The number of nitrogens with zero attached hydrogens (tertiary/aromatic N) is 3. The predicted molar refractivity (Wildman–Crippen MR) is 103 cm³/mol. The zero-order valence-corrected chi connectivity index (χ0v) is 15.4. The summed E-state index contributed by atoms with van der Waals surface area (Å²) in [5.41, 5.74) is 4.17. The molecule has 0 bridgehead atoms. The number of non-ortho nitro benzene ring substituents is 1. The minimum atomic E-state index is -0.459. The van der Waals surface area contributed by atoms with E-state index in [1.54, 1.807) is 18.2 Å². The highest BCUT2D eigenvalue weighted by Gasteiger charge is 2.08. The van der Waals surface area contributed by atoms with Gasteiger partial charge in [-0.05, 0) is 54.8 Å². The first-order valence-electron chi connectivity index (χ1n) is 7.94. The summed E-state index contributed by atoms with van der Waals surface area (Å²) >= 11 is 1.47. The molecule has 0 unspecified atom stereocenters. The van der Waals surface area contributed by atoms with E-state index in [0.29, 0.717) is 10.4 Å². The summed E-state index contributed by atoms with van der Waals surface area (Å²) in [5.74, 6) is -0.375. The SMILES string of the molecule is Cc1ccc2sc(=NC(=O)C=Cc3ccc([N+](=O)[O-])cc3)n(C)c2c1C. The number of nitro benzene ring substituents is 1. The van der Waals surface area contributed by atoms with Crippen molar-refractivity contribution in [3.8, 4) is 0 Å². The number of amides is 1. The Labute approximate surface area is 153 Å². The normalized spacial score (nSPS) is 12.2. The molecule has 0 saturated heterocycles. The van der Waals surface area contributed by atoms with E-state index < -0.39 is 4.92 Å². The average molecular weight is 367 g/mol. The first-order valence-corrected chi connectivity index (χ1v) is 8.75. The van der Waals surface area contributed by atoms with Crippen LogP contribution in [0.1, 0.15) is 16.7 Å². The van der Waals surface area contributed by atoms with Gasteiger partial charge in [0.25, 0.3) is 11.6 Å². The molecule has 1 aromatic heterocycles. The van der Waals surface area contributed by atoms with Gasteiger partial charge < -0.3 is 4.57 Å². The van der Waals surface area contributed by atoms with Crippen LogP contribution in [0.4, 0.5) is 5.69 Å². The van der Waals surface area contributed by atoms with E-state index in [1.807, 2.05) is 17.7 Å². The number of carbonyl (C=O) groups is 1. The Morgan fingerprint density at radius 2 is 1.88 bits per heavy atom. The van der Waals surface area contributed by atoms with Crippen molar-refractivity contribution in [3.05, 3.63) is 74.1 Å². The Hall–Kier alpha value is -3.06. The van der Waals surface area contributed by atoms with Crippen LogP contribution in [-0.2, 0) is 11.8 Å². The predicted octanol–water partition coefficient (Wildman–Crippen LogP) is 3.91. The molecule has 0 aliphatic carbocycles. The van der Waals surface area contributed by atoms with E-state index in [4.69, 9.17) is 0 Å². The lowest BCUT2D eigenvalue weighted by atomic mass is 10.1. The second-order valence-electron chi connectivity index (χ2n) is 5.93. The third kappa shape index (κ3) is 3.48. The van der Waals surface area contributed by atoms with Crippen LogP contribution in [0.15, 0.2) is 47.5 Å². The number of thiazole rings is 1. The average Bonchev–Trinajstić information content (AvgIpc) is 2.93. The fourth-order valence-electron chi connectivity index (χ4n) is 2.64. The highest BCUT2D eigenvalue weighted by Crippen LogP contribution is 2.23. The monoisotopic (exact) mass is 367 g/mol. The summed E-state index contributed by atoms with van der Waals surface area (Å²) in [5, 5.41) is 10.6. The van der Waals surface area contributed by atoms with Crippen molar-refractivity contribution in [3.63, 3.8) is 0 Å². The van der Waals surface area contributed by atoms with Crippen LogP contribution in [0.25, 0.3) is 16.3 Å². The summed E-state index contributed by atoms with van der Waals surface area (Å²) in [6.07, 6.45) is 2.96. The molecule has 3 rings (SSSR count). The largest absolute Gasteiger partial charge is 0.319 e. The zero-order valence-electron chi connectivity index (χ0n) is 14.6. The molecule has 2 aromatic carbocycles. The van der Waals surface area contributed by atoms with Gasteiger partial charge in [0.2, 0.25) is 0 Å². The lowest BCUT2D eigenvalue weighted by molar-refractivity contribution is -0.384. The molecule has 0 saturated carbocycles. The Bertz CT molecular complexity index is 1110. The minimum absolute atomic E-state index is 0.0149. The molecule has 0 fully saturated rings. The molecular formula is C19H17N3O3S. The molecule has 0 aliphatic rings. The molecule has 132 valence electrons. The van der Waals surface area contributed by atoms with E-state index in [-0.39, 0.29) is 11.6 Å². The first kappa shape index (κ1) is 17.8. The van der Waals surface area contributed by atoms with Crippen LogP contribution in [-0.4, -0.2) is 15.4 Å². The van der Waals surface area contributed by atoms with Gasteiger partial charge >= 0.3 is 0 Å². The Morgan fingerprint density at radius 3 is 2.54 bits per heavy atom. The molecule has 0 N–H and O–H groups in total. The molecule has 26 heavy (non-hydrogen) atoms. The molecule has 0 radical (unpaired) electrons. The topological polar surface area (TPSA) is 77.5 Å². The number of aromatic nitrogens is 1. The van der Waals surface area contributed by atoms with Gasteiger partial charge in [-0.3, -0.25) is 14.9 Å². The Kier molecular flexibility index (Phi) is 4.81. The second-order valence-corrected chi connectivity index (χ2v) is 6.94. The van der Waals surface area contributed by atoms with Crippen molar-refractivity contribution in [1.29, 1.82) is 0 Å². The van der Waals surface area contributed by atoms with Gasteiger partial charge in [-0.25, -0.2) is 0 Å². The van der Waals surface area contributed by atoms with Gasteiger partial charge in [0.1, 0.15) is 0 Å². The van der Waals surface area contributed by atoms with Gasteiger partial charge in [-0.1, -0.05) is 17.4 Å². The molecular weight excluding hydrogens is 350 g/mol. The van der Waals surface area contributed by atoms with E-state index in [9.17, 15) is 14.9 Å². The highest BCUT2D eigenvalue weighted by molar-refractivity contribution is 7.16. The standard InChI is InChI=1S/C19H17N3O3S/c1-12-4-10-16-18(13(12)2)21(3)19(26-16)20-17(23)11-7-14-5-8-15(9-6-14)22(24)25/h4-11H,1-3H3. The van der Waals surface area contributed by atoms with Crippen LogP contribution in [0.3, 0.4) is 0 Å². The quantitative estimate of drug-likeness (QED) is 0.400. The molecule has 0 atom stereocenters. The third-order valence-corrected chi connectivity index (χ3v) is 5.31. The van der Waals surface area contributed by atoms with Crippen molar-refractivity contribution >= 4 is 39.2 Å². The van der Waals surface area contributed by atoms with Crippen molar-refractivity contribution in [2.45, 2.75) is 13.8 Å². The van der Waals surface area contributed by atoms with Gasteiger partial charge in [0.05, 0.1) is 15.1 Å². The lowest BCUT2D eigenvalue weighted by Gasteiger charge is -2.03. The zero-order chi connectivity index (χ0) is 18.8. The first-order chi connectivity index (χ1) is 12.4. The summed E-state index contributed by atoms with van der Waals surface area (Å²) < 4.78 is 3.02.